The Morgan fingerprint density at radius 1 is 0.420 bits per heavy atom. The van der Waals surface area contributed by atoms with Crippen LogP contribution in [0.1, 0.15) is 278 Å². The number of carboxylic acid groups (broad SMARTS) is 1. The standard InChI is InChI=1S/C69H116O12/c1-4-7-10-13-16-19-22-25-28-31-34-37-40-43-46-49-52-55-61(70)77-58-60(79-62(71)56-53-50-47-44-41-38-35-32-29-26-23-20-17-14-11-8-5-2)59-78-69-67(65(74)64(73)66(81-69)68(75)76)80-63(72)57-54-51-48-45-42-39-36-33-30-27-24-21-18-15-12-9-6-3/h7-8,10-11,16-17,19-20,25-30,60,64-67,69,73-74H,4-6,9,12-15,18,21-24,31-59H2,1-3H3,(H,75,76)/b10-7-,11-8-,19-16-,20-17-,28-25-,29-26-,30-27-. The van der Waals surface area contributed by atoms with Gasteiger partial charge in [0.2, 0.25) is 0 Å². The minimum Gasteiger partial charge on any atom is -0.479 e. The molecule has 0 spiro atoms. The zero-order valence-electron chi connectivity index (χ0n) is 51.3. The van der Waals surface area contributed by atoms with Gasteiger partial charge in [0.1, 0.15) is 18.8 Å². The predicted molar refractivity (Wildman–Crippen MR) is 331 cm³/mol. The lowest BCUT2D eigenvalue weighted by Gasteiger charge is -2.40. The normalized spacial score (nSPS) is 18.3. The molecular weight excluding hydrogens is 1020 g/mol. The van der Waals surface area contributed by atoms with Crippen LogP contribution in [0.25, 0.3) is 0 Å². The van der Waals surface area contributed by atoms with Crippen LogP contribution in [0.3, 0.4) is 0 Å². The van der Waals surface area contributed by atoms with Gasteiger partial charge in [-0.1, -0.05) is 234 Å². The van der Waals surface area contributed by atoms with Gasteiger partial charge < -0.3 is 39.0 Å². The Labute approximate surface area is 492 Å². The number of esters is 3. The summed E-state index contributed by atoms with van der Waals surface area (Å²) in [7, 11) is 0. The molecule has 1 heterocycles. The zero-order valence-corrected chi connectivity index (χ0v) is 51.3. The summed E-state index contributed by atoms with van der Waals surface area (Å²) in [6.07, 6.45) is 61.0. The maximum Gasteiger partial charge on any atom is 0.335 e. The average Bonchev–Trinajstić information content (AvgIpc) is 3.53. The van der Waals surface area contributed by atoms with Crippen molar-refractivity contribution >= 4 is 23.9 Å². The number of carbonyl (C=O) groups excluding carboxylic acids is 3. The zero-order chi connectivity index (χ0) is 58.9. The second-order valence-corrected chi connectivity index (χ2v) is 22.0. The Kier molecular flexibility index (Phi) is 52.1. The molecule has 0 amide bonds. The van der Waals surface area contributed by atoms with E-state index in [1.165, 1.54) is 64.2 Å². The molecule has 12 nitrogen and oxygen atoms in total. The molecule has 81 heavy (non-hydrogen) atoms. The van der Waals surface area contributed by atoms with Crippen molar-refractivity contribution in [1.82, 2.24) is 0 Å². The summed E-state index contributed by atoms with van der Waals surface area (Å²) in [6.45, 7) is 5.78. The van der Waals surface area contributed by atoms with Crippen molar-refractivity contribution in [2.24, 2.45) is 0 Å². The highest BCUT2D eigenvalue weighted by molar-refractivity contribution is 5.74. The molecule has 3 N–H and O–H groups in total. The highest BCUT2D eigenvalue weighted by Crippen LogP contribution is 2.27. The lowest BCUT2D eigenvalue weighted by atomic mass is 9.98. The molecule has 1 fully saturated rings. The van der Waals surface area contributed by atoms with Crippen LogP contribution in [0.5, 0.6) is 0 Å². The van der Waals surface area contributed by atoms with Gasteiger partial charge in [-0.2, -0.15) is 0 Å². The van der Waals surface area contributed by atoms with Gasteiger partial charge in [0.05, 0.1) is 6.61 Å². The van der Waals surface area contributed by atoms with Crippen LogP contribution in [-0.2, 0) is 42.9 Å². The van der Waals surface area contributed by atoms with Crippen molar-refractivity contribution < 1.29 is 58.2 Å². The van der Waals surface area contributed by atoms with E-state index in [2.05, 4.69) is 106 Å². The van der Waals surface area contributed by atoms with Crippen molar-refractivity contribution in [3.63, 3.8) is 0 Å². The molecule has 1 aliphatic rings. The van der Waals surface area contributed by atoms with Crippen molar-refractivity contribution in [2.75, 3.05) is 13.2 Å². The molecule has 0 bridgehead atoms. The van der Waals surface area contributed by atoms with E-state index in [9.17, 15) is 34.5 Å². The maximum atomic E-state index is 13.2. The summed E-state index contributed by atoms with van der Waals surface area (Å²) in [5.41, 5.74) is 0. The maximum absolute atomic E-state index is 13.2. The SMILES string of the molecule is CC/C=C\C/C=C\C/C=C\CCCCCCCCCC(=O)OCC(COC1OC(C(=O)O)C(O)C(O)C1OC(=O)CCCCCCCCC/C=C\CCCCCCCC)OC(=O)CCCCCCCCC/C=C\C/C=C\C/C=C\CC. The molecular formula is C69H116O12. The van der Waals surface area contributed by atoms with Crippen LogP contribution in [-0.4, -0.2) is 89.2 Å². The van der Waals surface area contributed by atoms with Gasteiger partial charge in [-0.15, -0.1) is 0 Å². The number of aliphatic carboxylic acids is 1. The van der Waals surface area contributed by atoms with E-state index in [1.54, 1.807) is 0 Å². The molecule has 0 aromatic carbocycles. The number of aliphatic hydroxyl groups excluding tert-OH is 2. The van der Waals surface area contributed by atoms with Crippen molar-refractivity contribution in [1.29, 1.82) is 0 Å². The summed E-state index contributed by atoms with van der Waals surface area (Å²) in [5.74, 6) is -3.14. The fourth-order valence-electron chi connectivity index (χ4n) is 9.51. The molecule has 0 aliphatic carbocycles. The number of aliphatic hydroxyl groups is 2. The number of rotatable bonds is 55. The number of hydrogen-bond acceptors (Lipinski definition) is 11. The molecule has 6 atom stereocenters. The highest BCUT2D eigenvalue weighted by Gasteiger charge is 2.50. The molecule has 6 unspecified atom stereocenters. The van der Waals surface area contributed by atoms with Gasteiger partial charge >= 0.3 is 23.9 Å². The smallest absolute Gasteiger partial charge is 0.335 e. The van der Waals surface area contributed by atoms with Crippen molar-refractivity contribution in [3.8, 4) is 0 Å². The number of hydrogen-bond donors (Lipinski definition) is 3. The van der Waals surface area contributed by atoms with Crippen LogP contribution < -0.4 is 0 Å². The lowest BCUT2D eigenvalue weighted by molar-refractivity contribution is -0.301. The van der Waals surface area contributed by atoms with Crippen molar-refractivity contribution in [2.45, 2.75) is 314 Å². The quantitative estimate of drug-likeness (QED) is 0.0228. The fraction of sp³-hybridized carbons (Fsp3) is 0.739. The van der Waals surface area contributed by atoms with Crippen LogP contribution in [0.15, 0.2) is 85.1 Å². The van der Waals surface area contributed by atoms with Crippen molar-refractivity contribution in [3.05, 3.63) is 85.1 Å². The molecule has 12 heteroatoms. The Balaban J connectivity index is 2.67. The highest BCUT2D eigenvalue weighted by atomic mass is 16.7. The topological polar surface area (TPSA) is 175 Å². The summed E-state index contributed by atoms with van der Waals surface area (Å²) in [4.78, 5) is 51.4. The van der Waals surface area contributed by atoms with Gasteiger partial charge in [-0.05, 0) is 109 Å². The summed E-state index contributed by atoms with van der Waals surface area (Å²) in [6, 6.07) is 0. The van der Waals surface area contributed by atoms with Gasteiger partial charge in [-0.3, -0.25) is 14.4 Å². The minimum atomic E-state index is -1.91. The summed E-state index contributed by atoms with van der Waals surface area (Å²) >= 11 is 0. The Hall–Kier alpha value is -4.10. The van der Waals surface area contributed by atoms with Crippen LogP contribution >= 0.6 is 0 Å². The number of allylic oxidation sites excluding steroid dienone is 14. The lowest BCUT2D eigenvalue weighted by Crippen LogP contribution is -2.61. The third-order valence-electron chi connectivity index (χ3n) is 14.4. The fourth-order valence-corrected chi connectivity index (χ4v) is 9.51. The molecule has 1 saturated heterocycles. The molecule has 0 radical (unpaired) electrons. The van der Waals surface area contributed by atoms with Gasteiger partial charge in [0.25, 0.3) is 0 Å². The second kappa shape index (κ2) is 56.4. The van der Waals surface area contributed by atoms with E-state index in [0.717, 1.165) is 154 Å². The predicted octanol–water partition coefficient (Wildman–Crippen LogP) is 17.5. The minimum absolute atomic E-state index is 0.0515. The van der Waals surface area contributed by atoms with E-state index >= 15 is 0 Å². The first-order valence-electron chi connectivity index (χ1n) is 32.6. The molecule has 0 aromatic rings. The average molecular weight is 1140 g/mol. The third kappa shape index (κ3) is 46.0. The Bertz CT molecular complexity index is 1730. The number of ether oxygens (including phenoxy) is 5. The number of carboxylic acids is 1. The second-order valence-electron chi connectivity index (χ2n) is 22.0. The van der Waals surface area contributed by atoms with E-state index in [1.807, 2.05) is 0 Å². The first-order chi connectivity index (χ1) is 39.6. The van der Waals surface area contributed by atoms with E-state index in [0.29, 0.717) is 19.3 Å². The van der Waals surface area contributed by atoms with E-state index in [4.69, 9.17) is 23.7 Å². The summed E-state index contributed by atoms with van der Waals surface area (Å²) in [5, 5.41) is 31.6. The monoisotopic (exact) mass is 1140 g/mol. The molecule has 0 aromatic heterocycles. The first kappa shape index (κ1) is 74.9. The molecule has 1 rings (SSSR count). The van der Waals surface area contributed by atoms with Gasteiger partial charge in [0, 0.05) is 19.3 Å². The van der Waals surface area contributed by atoms with Gasteiger partial charge in [0.15, 0.2) is 24.6 Å². The number of unbranched alkanes of at least 4 members (excludes halogenated alkanes) is 27. The number of carbonyl (C=O) groups is 4. The third-order valence-corrected chi connectivity index (χ3v) is 14.4. The van der Waals surface area contributed by atoms with E-state index < -0.39 is 67.3 Å². The Morgan fingerprint density at radius 2 is 0.778 bits per heavy atom. The first-order valence-corrected chi connectivity index (χ1v) is 32.6. The van der Waals surface area contributed by atoms with Crippen LogP contribution in [0.2, 0.25) is 0 Å². The Morgan fingerprint density at radius 3 is 1.20 bits per heavy atom. The van der Waals surface area contributed by atoms with Gasteiger partial charge in [-0.25, -0.2) is 4.79 Å². The van der Waals surface area contributed by atoms with Crippen LogP contribution in [0, 0.1) is 0 Å². The largest absolute Gasteiger partial charge is 0.479 e. The summed E-state index contributed by atoms with van der Waals surface area (Å²) < 4.78 is 28.5. The van der Waals surface area contributed by atoms with E-state index in [-0.39, 0.29) is 25.9 Å². The molecule has 1 aliphatic heterocycles. The molecule has 464 valence electrons. The molecule has 0 saturated carbocycles. The van der Waals surface area contributed by atoms with Crippen LogP contribution in [0.4, 0.5) is 0 Å².